The van der Waals surface area contributed by atoms with E-state index >= 15 is 0 Å². The van der Waals surface area contributed by atoms with E-state index < -0.39 is 11.8 Å². The number of carbonyl (C=O) groups is 2. The maximum Gasteiger partial charge on any atom is 0.312 e. The Morgan fingerprint density at radius 3 is 2.65 bits per heavy atom. The molecule has 0 aliphatic carbocycles. The van der Waals surface area contributed by atoms with E-state index in [9.17, 15) is 9.59 Å². The Morgan fingerprint density at radius 2 is 2.00 bits per heavy atom. The van der Waals surface area contributed by atoms with Gasteiger partial charge in [-0.05, 0) is 17.7 Å². The van der Waals surface area contributed by atoms with E-state index in [-0.39, 0.29) is 0 Å². The number of ether oxygens (including phenoxy) is 1. The van der Waals surface area contributed by atoms with Gasteiger partial charge in [0, 0.05) is 38.8 Å². The van der Waals surface area contributed by atoms with Crippen molar-refractivity contribution >= 4 is 11.8 Å². The molecule has 2 rings (SSSR count). The molecule has 0 unspecified atom stereocenters. The quantitative estimate of drug-likeness (QED) is 0.783. The molecule has 0 bridgehead atoms. The first-order chi connectivity index (χ1) is 9.56. The molecule has 6 heteroatoms. The second-order valence-electron chi connectivity index (χ2n) is 4.80. The van der Waals surface area contributed by atoms with Gasteiger partial charge in [-0.25, -0.2) is 0 Å². The SMILES string of the molecule is COc1ccc(CN2CCN(C)C(=O)C2=O)cc1CN. The van der Waals surface area contributed by atoms with Gasteiger partial charge in [0.2, 0.25) is 0 Å². The second kappa shape index (κ2) is 5.92. The Morgan fingerprint density at radius 1 is 1.25 bits per heavy atom. The lowest BCUT2D eigenvalue weighted by Crippen LogP contribution is -2.52. The van der Waals surface area contributed by atoms with Crippen LogP contribution in [-0.2, 0) is 22.7 Å². The van der Waals surface area contributed by atoms with Crippen LogP contribution in [-0.4, -0.2) is 48.9 Å². The smallest absolute Gasteiger partial charge is 0.312 e. The third-order valence-electron chi connectivity index (χ3n) is 3.46. The van der Waals surface area contributed by atoms with Gasteiger partial charge in [-0.3, -0.25) is 9.59 Å². The average Bonchev–Trinajstić information content (AvgIpc) is 2.47. The number of nitrogens with two attached hydrogens (primary N) is 1. The summed E-state index contributed by atoms with van der Waals surface area (Å²) in [7, 11) is 3.23. The van der Waals surface area contributed by atoms with E-state index in [0.717, 1.165) is 16.9 Å². The number of methoxy groups -OCH3 is 1. The number of amides is 2. The molecule has 0 saturated carbocycles. The van der Waals surface area contributed by atoms with Crippen LogP contribution in [0.15, 0.2) is 18.2 Å². The summed E-state index contributed by atoms with van der Waals surface area (Å²) in [5.74, 6) is -0.176. The van der Waals surface area contributed by atoms with Gasteiger partial charge in [0.25, 0.3) is 0 Å². The molecular weight excluding hydrogens is 258 g/mol. The summed E-state index contributed by atoms with van der Waals surface area (Å²) in [4.78, 5) is 26.5. The Balaban J connectivity index is 2.14. The molecule has 1 saturated heterocycles. The maximum absolute atomic E-state index is 11.9. The summed E-state index contributed by atoms with van der Waals surface area (Å²) >= 11 is 0. The Labute approximate surface area is 118 Å². The minimum atomic E-state index is -0.455. The van der Waals surface area contributed by atoms with Crippen molar-refractivity contribution in [1.29, 1.82) is 0 Å². The molecule has 0 radical (unpaired) electrons. The summed E-state index contributed by atoms with van der Waals surface area (Å²) in [6.07, 6.45) is 0. The highest BCUT2D eigenvalue weighted by molar-refractivity contribution is 6.35. The van der Waals surface area contributed by atoms with E-state index in [1.807, 2.05) is 18.2 Å². The third kappa shape index (κ3) is 2.75. The summed E-state index contributed by atoms with van der Waals surface area (Å²) in [5.41, 5.74) is 7.50. The Bertz CT molecular complexity index is 530. The van der Waals surface area contributed by atoms with E-state index in [1.54, 1.807) is 19.1 Å². The highest BCUT2D eigenvalue weighted by Crippen LogP contribution is 2.20. The van der Waals surface area contributed by atoms with Crippen molar-refractivity contribution in [2.75, 3.05) is 27.2 Å². The monoisotopic (exact) mass is 277 g/mol. The number of benzene rings is 1. The van der Waals surface area contributed by atoms with Crippen LogP contribution in [0.25, 0.3) is 0 Å². The first-order valence-electron chi connectivity index (χ1n) is 6.47. The molecule has 1 heterocycles. The van der Waals surface area contributed by atoms with Crippen LogP contribution in [0.2, 0.25) is 0 Å². The third-order valence-corrected chi connectivity index (χ3v) is 3.46. The van der Waals surface area contributed by atoms with Crippen LogP contribution in [0.5, 0.6) is 5.75 Å². The lowest BCUT2D eigenvalue weighted by Gasteiger charge is -2.31. The van der Waals surface area contributed by atoms with Crippen molar-refractivity contribution in [3.8, 4) is 5.75 Å². The fourth-order valence-corrected chi connectivity index (χ4v) is 2.23. The molecule has 0 atom stereocenters. The van der Waals surface area contributed by atoms with Crippen LogP contribution in [0.1, 0.15) is 11.1 Å². The van der Waals surface area contributed by atoms with E-state index in [2.05, 4.69) is 0 Å². The molecule has 1 aliphatic heterocycles. The van der Waals surface area contributed by atoms with E-state index in [4.69, 9.17) is 10.5 Å². The molecule has 1 fully saturated rings. The molecule has 2 amide bonds. The summed E-state index contributed by atoms with van der Waals surface area (Å²) in [6.45, 7) is 1.89. The van der Waals surface area contributed by atoms with Gasteiger partial charge in [0.05, 0.1) is 7.11 Å². The van der Waals surface area contributed by atoms with Crippen molar-refractivity contribution < 1.29 is 14.3 Å². The number of hydrogen-bond acceptors (Lipinski definition) is 4. The summed E-state index contributed by atoms with van der Waals surface area (Å²) in [5, 5.41) is 0. The van der Waals surface area contributed by atoms with Crippen molar-refractivity contribution in [1.82, 2.24) is 9.80 Å². The normalized spacial score (nSPS) is 15.8. The number of likely N-dealkylation sites (N-methyl/N-ethyl adjacent to an activating group) is 1. The molecule has 0 spiro atoms. The predicted octanol–water partition coefficient (Wildman–Crippen LogP) is -0.0455. The first-order valence-corrected chi connectivity index (χ1v) is 6.47. The van der Waals surface area contributed by atoms with Crippen molar-refractivity contribution in [2.24, 2.45) is 5.73 Å². The Kier molecular flexibility index (Phi) is 4.24. The summed E-state index contributed by atoms with van der Waals surface area (Å²) in [6, 6.07) is 5.63. The molecular formula is C14H19N3O3. The number of piperazine rings is 1. The number of carbonyl (C=O) groups excluding carboxylic acids is 2. The van der Waals surface area contributed by atoms with Crippen LogP contribution >= 0.6 is 0 Å². The average molecular weight is 277 g/mol. The van der Waals surface area contributed by atoms with Gasteiger partial charge in [-0.1, -0.05) is 6.07 Å². The van der Waals surface area contributed by atoms with Gasteiger partial charge in [-0.2, -0.15) is 0 Å². The highest BCUT2D eigenvalue weighted by Gasteiger charge is 2.30. The van der Waals surface area contributed by atoms with E-state index in [1.165, 1.54) is 4.90 Å². The zero-order valence-corrected chi connectivity index (χ0v) is 11.8. The van der Waals surface area contributed by atoms with Gasteiger partial charge in [-0.15, -0.1) is 0 Å². The Hall–Kier alpha value is -2.08. The van der Waals surface area contributed by atoms with Crippen molar-refractivity contribution in [2.45, 2.75) is 13.1 Å². The fraction of sp³-hybridized carbons (Fsp3) is 0.429. The summed E-state index contributed by atoms with van der Waals surface area (Å²) < 4.78 is 5.21. The van der Waals surface area contributed by atoms with Crippen LogP contribution in [0, 0.1) is 0 Å². The molecule has 20 heavy (non-hydrogen) atoms. The van der Waals surface area contributed by atoms with Crippen LogP contribution < -0.4 is 10.5 Å². The minimum Gasteiger partial charge on any atom is -0.496 e. The van der Waals surface area contributed by atoms with Gasteiger partial charge in [0.1, 0.15) is 5.75 Å². The number of hydrogen-bond donors (Lipinski definition) is 1. The molecule has 1 aromatic carbocycles. The fourth-order valence-electron chi connectivity index (χ4n) is 2.23. The zero-order chi connectivity index (χ0) is 14.7. The molecule has 1 aliphatic rings. The minimum absolute atomic E-state index is 0.368. The van der Waals surface area contributed by atoms with Crippen molar-refractivity contribution in [3.05, 3.63) is 29.3 Å². The van der Waals surface area contributed by atoms with Crippen molar-refractivity contribution in [3.63, 3.8) is 0 Å². The topological polar surface area (TPSA) is 75.9 Å². The molecule has 6 nitrogen and oxygen atoms in total. The highest BCUT2D eigenvalue weighted by atomic mass is 16.5. The zero-order valence-electron chi connectivity index (χ0n) is 11.8. The van der Waals surface area contributed by atoms with Gasteiger partial charge >= 0.3 is 11.8 Å². The lowest BCUT2D eigenvalue weighted by atomic mass is 10.1. The van der Waals surface area contributed by atoms with Crippen LogP contribution in [0.3, 0.4) is 0 Å². The first kappa shape index (κ1) is 14.3. The van der Waals surface area contributed by atoms with Gasteiger partial charge < -0.3 is 20.3 Å². The predicted molar refractivity (Wildman–Crippen MR) is 73.9 cm³/mol. The number of nitrogens with zero attached hydrogens (tertiary/aromatic N) is 2. The largest absolute Gasteiger partial charge is 0.496 e. The molecule has 108 valence electrons. The van der Waals surface area contributed by atoms with E-state index in [0.29, 0.717) is 26.2 Å². The van der Waals surface area contributed by atoms with Crippen LogP contribution in [0.4, 0.5) is 0 Å². The maximum atomic E-state index is 11.9. The molecule has 1 aromatic rings. The lowest BCUT2D eigenvalue weighted by molar-refractivity contribution is -0.155. The number of rotatable bonds is 4. The second-order valence-corrected chi connectivity index (χ2v) is 4.80. The molecule has 0 aromatic heterocycles. The standard InChI is InChI=1S/C14H19N3O3/c1-16-5-6-17(14(19)13(16)18)9-10-3-4-12(20-2)11(7-10)8-15/h3-4,7H,5-6,8-9,15H2,1-2H3. The van der Waals surface area contributed by atoms with Gasteiger partial charge in [0.15, 0.2) is 0 Å². The molecule has 2 N–H and O–H groups in total.